The second kappa shape index (κ2) is 7.05. The summed E-state index contributed by atoms with van der Waals surface area (Å²) in [6, 6.07) is 0. The van der Waals surface area contributed by atoms with E-state index in [0.717, 1.165) is 32.2 Å². The molecular weight excluding hydrogens is 236 g/mol. The summed E-state index contributed by atoms with van der Waals surface area (Å²) in [6.07, 6.45) is 3.91. The van der Waals surface area contributed by atoms with Crippen LogP contribution in [0.4, 0.5) is 0 Å². The number of rotatable bonds is 5. The molecule has 1 saturated heterocycles. The largest absolute Gasteiger partial charge is 0.380 e. The molecule has 0 saturated carbocycles. The van der Waals surface area contributed by atoms with Crippen molar-refractivity contribution in [2.45, 2.75) is 59.4 Å². The van der Waals surface area contributed by atoms with E-state index in [-0.39, 0.29) is 5.54 Å². The number of likely N-dealkylation sites (tertiary alicyclic amines) is 1. The van der Waals surface area contributed by atoms with Crippen LogP contribution in [0.15, 0.2) is 0 Å². The van der Waals surface area contributed by atoms with E-state index < -0.39 is 0 Å². The average molecular weight is 270 g/mol. The molecule has 1 rings (SSSR count). The summed E-state index contributed by atoms with van der Waals surface area (Å²) in [5, 5.41) is 0. The van der Waals surface area contributed by atoms with Crippen LogP contribution in [0.3, 0.4) is 0 Å². The van der Waals surface area contributed by atoms with Gasteiger partial charge in [0.1, 0.15) is 0 Å². The molecule has 0 aliphatic carbocycles. The lowest BCUT2D eigenvalue weighted by molar-refractivity contribution is 0.0106. The van der Waals surface area contributed by atoms with E-state index in [4.69, 9.17) is 10.5 Å². The van der Waals surface area contributed by atoms with Crippen molar-refractivity contribution in [2.24, 2.45) is 17.1 Å². The van der Waals surface area contributed by atoms with Gasteiger partial charge in [0.2, 0.25) is 0 Å². The summed E-state index contributed by atoms with van der Waals surface area (Å²) < 4.78 is 5.66. The molecule has 1 heterocycles. The van der Waals surface area contributed by atoms with Crippen molar-refractivity contribution < 1.29 is 4.74 Å². The molecule has 3 heteroatoms. The fourth-order valence-electron chi connectivity index (χ4n) is 3.10. The second-order valence-corrected chi connectivity index (χ2v) is 7.32. The average Bonchev–Trinajstić information content (AvgIpc) is 2.61. The maximum absolute atomic E-state index is 6.03. The molecule has 114 valence electrons. The summed E-state index contributed by atoms with van der Waals surface area (Å²) in [7, 11) is 0. The molecule has 1 aliphatic heterocycles. The lowest BCUT2D eigenvalue weighted by atomic mass is 9.77. The molecule has 0 amide bonds. The zero-order valence-corrected chi connectivity index (χ0v) is 13.7. The predicted octanol–water partition coefficient (Wildman–Crippen LogP) is 2.89. The second-order valence-electron chi connectivity index (χ2n) is 7.32. The van der Waals surface area contributed by atoms with Gasteiger partial charge in [0.15, 0.2) is 0 Å². The number of hydrogen-bond donors (Lipinski definition) is 1. The molecule has 2 unspecified atom stereocenters. The van der Waals surface area contributed by atoms with E-state index in [0.29, 0.717) is 12.0 Å². The SMILES string of the molecule is CCOCC(C)(CN)N1CCCC(C(C)(C)C)CC1. The van der Waals surface area contributed by atoms with Gasteiger partial charge < -0.3 is 10.5 Å². The first kappa shape index (κ1) is 16.9. The number of nitrogens with two attached hydrogens (primary N) is 1. The van der Waals surface area contributed by atoms with Crippen molar-refractivity contribution >= 4 is 0 Å². The maximum atomic E-state index is 6.03. The minimum atomic E-state index is 0.00276. The van der Waals surface area contributed by atoms with Crippen LogP contribution in [0.1, 0.15) is 53.9 Å². The quantitative estimate of drug-likeness (QED) is 0.835. The van der Waals surface area contributed by atoms with Crippen molar-refractivity contribution in [3.63, 3.8) is 0 Å². The van der Waals surface area contributed by atoms with E-state index in [9.17, 15) is 0 Å². The van der Waals surface area contributed by atoms with Crippen LogP contribution in [0, 0.1) is 11.3 Å². The first-order chi connectivity index (χ1) is 8.83. The predicted molar refractivity (Wildman–Crippen MR) is 82.3 cm³/mol. The molecule has 19 heavy (non-hydrogen) atoms. The molecule has 0 aromatic heterocycles. The lowest BCUT2D eigenvalue weighted by Gasteiger charge is -2.40. The maximum Gasteiger partial charge on any atom is 0.0659 e. The topological polar surface area (TPSA) is 38.5 Å². The van der Waals surface area contributed by atoms with Gasteiger partial charge in [0.25, 0.3) is 0 Å². The van der Waals surface area contributed by atoms with Crippen molar-refractivity contribution in [1.29, 1.82) is 0 Å². The van der Waals surface area contributed by atoms with Crippen LogP contribution in [0.2, 0.25) is 0 Å². The van der Waals surface area contributed by atoms with Gasteiger partial charge in [-0.25, -0.2) is 0 Å². The molecule has 1 aliphatic rings. The van der Waals surface area contributed by atoms with E-state index in [1.165, 1.54) is 19.3 Å². The smallest absolute Gasteiger partial charge is 0.0659 e. The van der Waals surface area contributed by atoms with Crippen LogP contribution in [-0.4, -0.2) is 43.3 Å². The minimum Gasteiger partial charge on any atom is -0.380 e. The highest BCUT2D eigenvalue weighted by atomic mass is 16.5. The Morgan fingerprint density at radius 2 is 1.84 bits per heavy atom. The molecule has 1 fully saturated rings. The van der Waals surface area contributed by atoms with Crippen molar-refractivity contribution in [2.75, 3.05) is 32.8 Å². The Labute approximate surface area is 119 Å². The summed E-state index contributed by atoms with van der Waals surface area (Å²) in [4.78, 5) is 2.56. The van der Waals surface area contributed by atoms with Gasteiger partial charge in [-0.05, 0) is 57.5 Å². The Bertz CT molecular complexity index is 262. The molecule has 2 N–H and O–H groups in total. The Hall–Kier alpha value is -0.120. The molecule has 2 atom stereocenters. The fourth-order valence-corrected chi connectivity index (χ4v) is 3.10. The monoisotopic (exact) mass is 270 g/mol. The van der Waals surface area contributed by atoms with Crippen LogP contribution >= 0.6 is 0 Å². The number of hydrogen-bond acceptors (Lipinski definition) is 3. The summed E-state index contributed by atoms with van der Waals surface area (Å²) in [5.74, 6) is 0.826. The van der Waals surface area contributed by atoms with Gasteiger partial charge in [-0.3, -0.25) is 4.90 Å². The zero-order valence-electron chi connectivity index (χ0n) is 13.7. The van der Waals surface area contributed by atoms with Crippen molar-refractivity contribution in [3.8, 4) is 0 Å². The number of nitrogens with zero attached hydrogens (tertiary/aromatic N) is 1. The summed E-state index contributed by atoms with van der Waals surface area (Å²) >= 11 is 0. The summed E-state index contributed by atoms with van der Waals surface area (Å²) in [6.45, 7) is 15.9. The Kier molecular flexibility index (Phi) is 6.28. The minimum absolute atomic E-state index is 0.00276. The molecule has 0 bridgehead atoms. The standard InChI is InChI=1S/C16H34N2O/c1-6-19-13-16(5,12-17)18-10-7-8-14(9-11-18)15(2,3)4/h14H,6-13,17H2,1-5H3. The van der Waals surface area contributed by atoms with E-state index in [2.05, 4.69) is 39.5 Å². The third-order valence-corrected chi connectivity index (χ3v) is 4.77. The Morgan fingerprint density at radius 3 is 2.37 bits per heavy atom. The van der Waals surface area contributed by atoms with Crippen molar-refractivity contribution in [1.82, 2.24) is 4.90 Å². The molecular formula is C16H34N2O. The molecule has 0 aromatic rings. The van der Waals surface area contributed by atoms with E-state index >= 15 is 0 Å². The lowest BCUT2D eigenvalue weighted by Crippen LogP contribution is -2.55. The normalized spacial score (nSPS) is 25.9. The van der Waals surface area contributed by atoms with Crippen LogP contribution in [0.5, 0.6) is 0 Å². The zero-order chi connectivity index (χ0) is 14.5. The third-order valence-electron chi connectivity index (χ3n) is 4.77. The van der Waals surface area contributed by atoms with Gasteiger partial charge in [-0.2, -0.15) is 0 Å². The van der Waals surface area contributed by atoms with Gasteiger partial charge in [0, 0.05) is 13.2 Å². The summed E-state index contributed by atoms with van der Waals surface area (Å²) in [5.41, 5.74) is 6.46. The van der Waals surface area contributed by atoms with Crippen LogP contribution in [0.25, 0.3) is 0 Å². The van der Waals surface area contributed by atoms with Gasteiger partial charge in [0.05, 0.1) is 12.1 Å². The fraction of sp³-hybridized carbons (Fsp3) is 1.00. The third kappa shape index (κ3) is 4.73. The van der Waals surface area contributed by atoms with Gasteiger partial charge in [-0.15, -0.1) is 0 Å². The van der Waals surface area contributed by atoms with E-state index in [1.807, 2.05) is 0 Å². The molecule has 0 aromatic carbocycles. The van der Waals surface area contributed by atoms with Gasteiger partial charge in [-0.1, -0.05) is 20.8 Å². The highest BCUT2D eigenvalue weighted by Gasteiger charge is 2.34. The first-order valence-electron chi connectivity index (χ1n) is 7.86. The first-order valence-corrected chi connectivity index (χ1v) is 7.86. The number of ether oxygens (including phenoxy) is 1. The van der Waals surface area contributed by atoms with Crippen molar-refractivity contribution in [3.05, 3.63) is 0 Å². The van der Waals surface area contributed by atoms with E-state index in [1.54, 1.807) is 0 Å². The van der Waals surface area contributed by atoms with Gasteiger partial charge >= 0.3 is 0 Å². The molecule has 0 radical (unpaired) electrons. The van der Waals surface area contributed by atoms with Crippen LogP contribution in [-0.2, 0) is 4.74 Å². The Morgan fingerprint density at radius 1 is 1.16 bits per heavy atom. The molecule has 0 spiro atoms. The highest BCUT2D eigenvalue weighted by molar-refractivity contribution is 4.90. The highest BCUT2D eigenvalue weighted by Crippen LogP contribution is 2.35. The van der Waals surface area contributed by atoms with Crippen LogP contribution < -0.4 is 5.73 Å². The molecule has 3 nitrogen and oxygen atoms in total. The Balaban J connectivity index is 2.64.